The summed E-state index contributed by atoms with van der Waals surface area (Å²) < 4.78 is 40.1. The van der Waals surface area contributed by atoms with E-state index in [-0.39, 0.29) is 11.9 Å². The number of halogens is 2. The van der Waals surface area contributed by atoms with E-state index in [9.17, 15) is 8.78 Å². The second-order valence-corrected chi connectivity index (χ2v) is 7.55. The van der Waals surface area contributed by atoms with Crippen LogP contribution in [0.4, 0.5) is 20.7 Å². The topological polar surface area (TPSA) is 119 Å². The standard InChI is InChI=1S/C21H23F2N9O2/c1-33-15-4-2-3-14-16(15)27-18(17(22)23)32(14)21-29-19(25-6-5-13-11-24-12-26-13)28-20(30-21)31-7-9-34-10-8-31/h2-4,11-12,17H,5-10H2,1H3,(H,24,26)(H,25,28,29,30). The zero-order valence-electron chi connectivity index (χ0n) is 18.4. The number of rotatable bonds is 8. The Labute approximate surface area is 193 Å². The number of methoxy groups -OCH3 is 1. The van der Waals surface area contributed by atoms with Crippen molar-refractivity contribution in [3.63, 3.8) is 0 Å². The van der Waals surface area contributed by atoms with E-state index in [1.807, 2.05) is 4.90 Å². The third-order valence-electron chi connectivity index (χ3n) is 5.43. The zero-order valence-corrected chi connectivity index (χ0v) is 18.4. The van der Waals surface area contributed by atoms with Gasteiger partial charge in [-0.2, -0.15) is 15.0 Å². The van der Waals surface area contributed by atoms with Gasteiger partial charge in [-0.1, -0.05) is 6.07 Å². The summed E-state index contributed by atoms with van der Waals surface area (Å²) in [4.78, 5) is 26.7. The van der Waals surface area contributed by atoms with Gasteiger partial charge in [0, 0.05) is 37.9 Å². The zero-order chi connectivity index (χ0) is 23.5. The van der Waals surface area contributed by atoms with Crippen LogP contribution in [-0.4, -0.2) is 74.4 Å². The molecule has 0 bridgehead atoms. The van der Waals surface area contributed by atoms with Gasteiger partial charge in [0.05, 0.1) is 32.2 Å². The van der Waals surface area contributed by atoms with Crippen molar-refractivity contribution in [3.8, 4) is 11.7 Å². The molecule has 0 spiro atoms. The van der Waals surface area contributed by atoms with E-state index in [1.54, 1.807) is 30.7 Å². The van der Waals surface area contributed by atoms with E-state index >= 15 is 0 Å². The summed E-state index contributed by atoms with van der Waals surface area (Å²) in [5, 5.41) is 3.17. The van der Waals surface area contributed by atoms with Crippen LogP contribution in [0.3, 0.4) is 0 Å². The molecule has 1 aliphatic rings. The predicted molar refractivity (Wildman–Crippen MR) is 120 cm³/mol. The minimum absolute atomic E-state index is 0.0478. The number of anilines is 2. The Morgan fingerprint density at radius 3 is 2.71 bits per heavy atom. The van der Waals surface area contributed by atoms with E-state index in [4.69, 9.17) is 9.47 Å². The molecule has 1 fully saturated rings. The normalized spacial score (nSPS) is 14.2. The monoisotopic (exact) mass is 471 g/mol. The number of ether oxygens (including phenoxy) is 2. The van der Waals surface area contributed by atoms with Crippen LogP contribution in [0.15, 0.2) is 30.7 Å². The Morgan fingerprint density at radius 1 is 1.15 bits per heavy atom. The van der Waals surface area contributed by atoms with Crippen molar-refractivity contribution in [2.24, 2.45) is 0 Å². The molecule has 1 saturated heterocycles. The van der Waals surface area contributed by atoms with Gasteiger partial charge in [0.1, 0.15) is 11.3 Å². The Morgan fingerprint density at radius 2 is 1.97 bits per heavy atom. The van der Waals surface area contributed by atoms with Crippen LogP contribution in [0.1, 0.15) is 17.9 Å². The Balaban J connectivity index is 1.58. The molecular formula is C21H23F2N9O2. The number of H-pyrrole nitrogens is 1. The van der Waals surface area contributed by atoms with Crippen LogP contribution in [-0.2, 0) is 11.2 Å². The maximum Gasteiger partial charge on any atom is 0.296 e. The number of imidazole rings is 2. The molecule has 11 nitrogen and oxygen atoms in total. The number of morpholine rings is 1. The van der Waals surface area contributed by atoms with E-state index in [1.165, 1.54) is 11.7 Å². The van der Waals surface area contributed by atoms with Gasteiger partial charge < -0.3 is 24.7 Å². The van der Waals surface area contributed by atoms with Crippen molar-refractivity contribution in [1.82, 2.24) is 34.5 Å². The molecule has 4 heterocycles. The fourth-order valence-electron chi connectivity index (χ4n) is 3.78. The van der Waals surface area contributed by atoms with E-state index in [0.29, 0.717) is 62.0 Å². The maximum absolute atomic E-state index is 14.1. The summed E-state index contributed by atoms with van der Waals surface area (Å²) in [5.74, 6) is 0.616. The number of nitrogens with zero attached hydrogens (tertiary/aromatic N) is 7. The van der Waals surface area contributed by atoms with Gasteiger partial charge in [-0.15, -0.1) is 0 Å². The molecule has 0 unspecified atom stereocenters. The predicted octanol–water partition coefficient (Wildman–Crippen LogP) is 2.37. The smallest absolute Gasteiger partial charge is 0.296 e. The molecule has 2 N–H and O–H groups in total. The Hall–Kier alpha value is -3.87. The minimum atomic E-state index is -2.85. The lowest BCUT2D eigenvalue weighted by atomic mass is 10.3. The SMILES string of the molecule is COc1cccc2c1nc(C(F)F)n2-c1nc(NCCc2cnc[nH]2)nc(N2CCOCC2)n1. The quantitative estimate of drug-likeness (QED) is 0.399. The molecule has 0 radical (unpaired) electrons. The van der Waals surface area contributed by atoms with E-state index in [0.717, 1.165) is 5.69 Å². The average Bonchev–Trinajstić information content (AvgIpc) is 3.52. The number of nitrogens with one attached hydrogen (secondary N) is 2. The number of hydrogen-bond donors (Lipinski definition) is 2. The highest BCUT2D eigenvalue weighted by Gasteiger charge is 2.25. The summed E-state index contributed by atoms with van der Waals surface area (Å²) in [6.07, 6.45) is 1.15. The second kappa shape index (κ2) is 9.55. The van der Waals surface area contributed by atoms with Crippen LogP contribution < -0.4 is 15.0 Å². The van der Waals surface area contributed by atoms with E-state index in [2.05, 4.69) is 35.2 Å². The molecular weight excluding hydrogens is 448 g/mol. The van der Waals surface area contributed by atoms with Crippen molar-refractivity contribution in [1.29, 1.82) is 0 Å². The summed E-state index contributed by atoms with van der Waals surface area (Å²) in [6, 6.07) is 5.06. The van der Waals surface area contributed by atoms with Crippen molar-refractivity contribution in [2.75, 3.05) is 50.2 Å². The summed E-state index contributed by atoms with van der Waals surface area (Å²) >= 11 is 0. The molecule has 4 aromatic rings. The van der Waals surface area contributed by atoms with Gasteiger partial charge in [-0.05, 0) is 12.1 Å². The Bertz CT molecular complexity index is 1260. The van der Waals surface area contributed by atoms with Crippen LogP contribution in [0.25, 0.3) is 17.0 Å². The van der Waals surface area contributed by atoms with Crippen LogP contribution in [0, 0.1) is 0 Å². The molecule has 3 aromatic heterocycles. The molecule has 13 heteroatoms. The average molecular weight is 471 g/mol. The third-order valence-corrected chi connectivity index (χ3v) is 5.43. The third kappa shape index (κ3) is 4.33. The van der Waals surface area contributed by atoms with Crippen LogP contribution in [0.2, 0.25) is 0 Å². The molecule has 178 valence electrons. The van der Waals surface area contributed by atoms with Crippen molar-refractivity contribution in [3.05, 3.63) is 42.2 Å². The van der Waals surface area contributed by atoms with Gasteiger partial charge in [-0.3, -0.25) is 4.57 Å². The number of benzene rings is 1. The van der Waals surface area contributed by atoms with Crippen molar-refractivity contribution >= 4 is 22.9 Å². The summed E-state index contributed by atoms with van der Waals surface area (Å²) in [7, 11) is 1.47. The molecule has 1 aromatic carbocycles. The van der Waals surface area contributed by atoms with Gasteiger partial charge in [0.2, 0.25) is 17.8 Å². The van der Waals surface area contributed by atoms with Crippen LogP contribution in [0.5, 0.6) is 5.75 Å². The first-order valence-corrected chi connectivity index (χ1v) is 10.8. The summed E-state index contributed by atoms with van der Waals surface area (Å²) in [6.45, 7) is 2.72. The largest absolute Gasteiger partial charge is 0.494 e. The highest BCUT2D eigenvalue weighted by molar-refractivity contribution is 5.84. The highest BCUT2D eigenvalue weighted by Crippen LogP contribution is 2.32. The van der Waals surface area contributed by atoms with Crippen molar-refractivity contribution in [2.45, 2.75) is 12.8 Å². The van der Waals surface area contributed by atoms with Gasteiger partial charge in [0.15, 0.2) is 5.82 Å². The molecule has 1 aliphatic heterocycles. The lowest BCUT2D eigenvalue weighted by Crippen LogP contribution is -2.37. The second-order valence-electron chi connectivity index (χ2n) is 7.55. The number of para-hydroxylation sites is 1. The fraction of sp³-hybridized carbons (Fsp3) is 0.381. The molecule has 0 aliphatic carbocycles. The minimum Gasteiger partial charge on any atom is -0.494 e. The van der Waals surface area contributed by atoms with Gasteiger partial charge in [-0.25, -0.2) is 18.7 Å². The first kappa shape index (κ1) is 21.9. The first-order chi connectivity index (χ1) is 16.6. The highest BCUT2D eigenvalue weighted by atomic mass is 19.3. The lowest BCUT2D eigenvalue weighted by molar-refractivity contribution is 0.122. The van der Waals surface area contributed by atoms with Gasteiger partial charge >= 0.3 is 0 Å². The lowest BCUT2D eigenvalue weighted by Gasteiger charge is -2.27. The fourth-order valence-corrected chi connectivity index (χ4v) is 3.78. The summed E-state index contributed by atoms with van der Waals surface area (Å²) in [5.41, 5.74) is 1.67. The van der Waals surface area contributed by atoms with E-state index < -0.39 is 12.2 Å². The number of hydrogen-bond acceptors (Lipinski definition) is 9. The number of aromatic amines is 1. The molecule has 0 saturated carbocycles. The number of fused-ring (bicyclic) bond motifs is 1. The van der Waals surface area contributed by atoms with Gasteiger partial charge in [0.25, 0.3) is 6.43 Å². The molecule has 5 rings (SSSR count). The number of aromatic nitrogens is 7. The Kier molecular flexibility index (Phi) is 6.16. The van der Waals surface area contributed by atoms with Crippen molar-refractivity contribution < 1.29 is 18.3 Å². The van der Waals surface area contributed by atoms with Crippen LogP contribution >= 0.6 is 0 Å². The molecule has 34 heavy (non-hydrogen) atoms. The maximum atomic E-state index is 14.1. The first-order valence-electron chi connectivity index (χ1n) is 10.8. The molecule has 0 atom stereocenters. The number of alkyl halides is 2. The molecule has 0 amide bonds.